The van der Waals surface area contributed by atoms with Gasteiger partial charge in [-0.2, -0.15) is 0 Å². The third-order valence-corrected chi connectivity index (χ3v) is 3.04. The lowest BCUT2D eigenvalue weighted by atomic mass is 10.2. The van der Waals surface area contributed by atoms with Gasteiger partial charge in [0, 0.05) is 19.6 Å². The topological polar surface area (TPSA) is 26.3 Å². The highest BCUT2D eigenvalue weighted by Gasteiger charge is 2.27. The van der Waals surface area contributed by atoms with E-state index in [0.717, 1.165) is 26.1 Å². The van der Waals surface area contributed by atoms with Crippen LogP contribution in [0, 0.1) is 5.92 Å². The summed E-state index contributed by atoms with van der Waals surface area (Å²) in [5, 5.41) is 0. The number of ketones is 1. The zero-order chi connectivity index (χ0) is 11.9. The van der Waals surface area contributed by atoms with Gasteiger partial charge in [0.2, 0.25) is 0 Å². The van der Waals surface area contributed by atoms with E-state index in [1.54, 1.807) is 0 Å². The number of ether oxygens (including phenoxy) is 1. The van der Waals surface area contributed by atoms with Crippen molar-refractivity contribution in [1.29, 1.82) is 0 Å². The van der Waals surface area contributed by atoms with Crippen molar-refractivity contribution in [3.63, 3.8) is 0 Å². The number of carbonyl (C=O) groups is 1. The highest BCUT2D eigenvalue weighted by atomic mass is 80.0. The van der Waals surface area contributed by atoms with Gasteiger partial charge in [-0.05, 0) is 18.8 Å². The van der Waals surface area contributed by atoms with Crippen molar-refractivity contribution in [3.8, 4) is 0 Å². The minimum Gasteiger partial charge on any atom is -0.381 e. The first-order valence-electron chi connectivity index (χ1n) is 5.01. The van der Waals surface area contributed by atoms with Crippen LogP contribution in [0.15, 0.2) is 0 Å². The summed E-state index contributed by atoms with van der Waals surface area (Å²) in [5.74, 6) is 0.679. The van der Waals surface area contributed by atoms with Gasteiger partial charge in [0.25, 0.3) is 0 Å². The Labute approximate surface area is 117 Å². The SMILES string of the molecule is CC(C)COCCCCC(=O)C(Br)(Br)Br. The van der Waals surface area contributed by atoms with Crippen LogP contribution >= 0.6 is 47.8 Å². The van der Waals surface area contributed by atoms with E-state index >= 15 is 0 Å². The maximum absolute atomic E-state index is 11.4. The molecule has 0 unspecified atom stereocenters. The number of hydrogen-bond donors (Lipinski definition) is 0. The van der Waals surface area contributed by atoms with E-state index in [1.807, 2.05) is 0 Å². The van der Waals surface area contributed by atoms with Gasteiger partial charge in [-0.25, -0.2) is 0 Å². The first kappa shape index (κ1) is 16.1. The standard InChI is InChI=1S/C10H17Br3O2/c1-8(2)7-15-6-4-3-5-9(14)10(11,12)13/h8H,3-7H2,1-2H3. The molecule has 0 N–H and O–H groups in total. The molecular weight excluding hydrogens is 392 g/mol. The zero-order valence-electron chi connectivity index (χ0n) is 9.06. The molecule has 0 spiro atoms. The predicted octanol–water partition coefficient (Wildman–Crippen LogP) is 4.24. The number of hydrogen-bond acceptors (Lipinski definition) is 2. The molecule has 15 heavy (non-hydrogen) atoms. The molecule has 0 aliphatic heterocycles. The van der Waals surface area contributed by atoms with Crippen molar-refractivity contribution < 1.29 is 9.53 Å². The van der Waals surface area contributed by atoms with Crippen molar-refractivity contribution in [2.24, 2.45) is 5.92 Å². The smallest absolute Gasteiger partial charge is 0.192 e. The third-order valence-electron chi connectivity index (χ3n) is 1.71. The minimum atomic E-state index is -0.744. The van der Waals surface area contributed by atoms with Crippen LogP contribution in [0.5, 0.6) is 0 Å². The van der Waals surface area contributed by atoms with Crippen molar-refractivity contribution in [2.45, 2.75) is 35.3 Å². The number of halogens is 3. The molecule has 0 atom stereocenters. The molecule has 0 aliphatic carbocycles. The van der Waals surface area contributed by atoms with Crippen LogP contribution in [-0.4, -0.2) is 21.1 Å². The summed E-state index contributed by atoms with van der Waals surface area (Å²) < 4.78 is 4.67. The lowest BCUT2D eigenvalue weighted by Crippen LogP contribution is -2.16. The van der Waals surface area contributed by atoms with E-state index in [-0.39, 0.29) is 5.78 Å². The Bertz CT molecular complexity index is 188. The van der Waals surface area contributed by atoms with Gasteiger partial charge in [0.05, 0.1) is 0 Å². The van der Waals surface area contributed by atoms with Gasteiger partial charge < -0.3 is 4.74 Å². The van der Waals surface area contributed by atoms with E-state index in [2.05, 4.69) is 61.6 Å². The average molecular weight is 409 g/mol. The summed E-state index contributed by atoms with van der Waals surface area (Å²) in [6, 6.07) is 0. The van der Waals surface area contributed by atoms with Gasteiger partial charge in [-0.3, -0.25) is 4.79 Å². The first-order valence-corrected chi connectivity index (χ1v) is 7.39. The van der Waals surface area contributed by atoms with Crippen molar-refractivity contribution in [2.75, 3.05) is 13.2 Å². The first-order chi connectivity index (χ1) is 6.84. The fraction of sp³-hybridized carbons (Fsp3) is 0.900. The molecule has 0 aromatic heterocycles. The summed E-state index contributed by atoms with van der Waals surface area (Å²) in [4.78, 5) is 11.4. The fourth-order valence-electron chi connectivity index (χ4n) is 0.950. The van der Waals surface area contributed by atoms with Crippen molar-refractivity contribution in [1.82, 2.24) is 0 Å². The van der Waals surface area contributed by atoms with Gasteiger partial charge in [0.1, 0.15) is 0 Å². The Kier molecular flexibility index (Phi) is 8.79. The molecule has 0 aliphatic rings. The van der Waals surface area contributed by atoms with Crippen molar-refractivity contribution >= 4 is 53.6 Å². The number of Topliss-reactive ketones (excluding diaryl/α,β-unsaturated/α-hetero) is 1. The zero-order valence-corrected chi connectivity index (χ0v) is 13.8. The van der Waals surface area contributed by atoms with Crippen LogP contribution < -0.4 is 0 Å². The summed E-state index contributed by atoms with van der Waals surface area (Å²) in [5.41, 5.74) is 0. The molecule has 0 saturated carbocycles. The molecule has 2 nitrogen and oxygen atoms in total. The van der Waals surface area contributed by atoms with Crippen LogP contribution in [0.4, 0.5) is 0 Å². The van der Waals surface area contributed by atoms with Gasteiger partial charge in [0.15, 0.2) is 7.93 Å². The highest BCUT2D eigenvalue weighted by molar-refractivity contribution is 9.40. The maximum Gasteiger partial charge on any atom is 0.192 e. The molecule has 0 rings (SSSR count). The Morgan fingerprint density at radius 2 is 1.87 bits per heavy atom. The van der Waals surface area contributed by atoms with E-state index in [0.29, 0.717) is 12.3 Å². The summed E-state index contributed by atoms with van der Waals surface area (Å²) in [6.45, 7) is 5.79. The van der Waals surface area contributed by atoms with E-state index in [1.165, 1.54) is 0 Å². The average Bonchev–Trinajstić information content (AvgIpc) is 2.08. The monoisotopic (exact) mass is 406 g/mol. The van der Waals surface area contributed by atoms with E-state index in [4.69, 9.17) is 4.74 Å². The highest BCUT2D eigenvalue weighted by Crippen LogP contribution is 2.35. The number of alkyl halides is 3. The minimum absolute atomic E-state index is 0.103. The lowest BCUT2D eigenvalue weighted by molar-refractivity contribution is -0.117. The Morgan fingerprint density at radius 3 is 2.33 bits per heavy atom. The number of carbonyl (C=O) groups excluding carboxylic acids is 1. The molecule has 0 aromatic rings. The van der Waals surface area contributed by atoms with E-state index in [9.17, 15) is 4.79 Å². The normalized spacial score (nSPS) is 12.1. The summed E-state index contributed by atoms with van der Waals surface area (Å²) in [7, 11) is 0. The second kappa shape index (κ2) is 8.20. The molecule has 0 heterocycles. The second-order valence-electron chi connectivity index (χ2n) is 3.85. The van der Waals surface area contributed by atoms with Crippen LogP contribution in [0.25, 0.3) is 0 Å². The molecular formula is C10H17Br3O2. The van der Waals surface area contributed by atoms with Gasteiger partial charge in [-0.1, -0.05) is 61.6 Å². The molecule has 5 heteroatoms. The Balaban J connectivity index is 3.36. The number of unbranched alkanes of at least 4 members (excludes halogenated alkanes) is 1. The third kappa shape index (κ3) is 9.97. The molecule has 0 saturated heterocycles. The second-order valence-corrected chi connectivity index (χ2v) is 10.6. The largest absolute Gasteiger partial charge is 0.381 e. The fourth-order valence-corrected chi connectivity index (χ4v) is 1.55. The molecule has 0 aromatic carbocycles. The maximum atomic E-state index is 11.4. The van der Waals surface area contributed by atoms with Gasteiger partial charge in [-0.15, -0.1) is 0 Å². The van der Waals surface area contributed by atoms with Crippen LogP contribution in [-0.2, 0) is 9.53 Å². The molecule has 0 amide bonds. The molecule has 0 bridgehead atoms. The van der Waals surface area contributed by atoms with E-state index < -0.39 is 2.14 Å². The van der Waals surface area contributed by atoms with Crippen LogP contribution in [0.1, 0.15) is 33.1 Å². The quantitative estimate of drug-likeness (QED) is 0.465. The summed E-state index contributed by atoms with van der Waals surface area (Å²) >= 11 is 9.60. The lowest BCUT2D eigenvalue weighted by Gasteiger charge is -2.10. The van der Waals surface area contributed by atoms with Crippen molar-refractivity contribution in [3.05, 3.63) is 0 Å². The molecule has 90 valence electrons. The van der Waals surface area contributed by atoms with Crippen LogP contribution in [0.3, 0.4) is 0 Å². The summed E-state index contributed by atoms with van der Waals surface area (Å²) in [6.07, 6.45) is 2.34. The van der Waals surface area contributed by atoms with Crippen LogP contribution in [0.2, 0.25) is 0 Å². The predicted molar refractivity (Wildman–Crippen MR) is 74.0 cm³/mol. The Hall–Kier alpha value is 1.07. The van der Waals surface area contributed by atoms with Gasteiger partial charge >= 0.3 is 0 Å². The molecule has 0 radical (unpaired) electrons. The Morgan fingerprint density at radius 1 is 1.27 bits per heavy atom. The molecule has 0 fully saturated rings. The number of rotatable bonds is 7.